The van der Waals surface area contributed by atoms with Crippen LogP contribution < -0.4 is 21.7 Å². The standard InChI is InChI=1S/C11H20N6O4/c1-16(12)10-5(3-14-11(15-10)17(2)13)9-8(20)7(19)6(4-18)21-9/h3,6-9,18-20H,4,12-13H2,1-2H3/t6-,7-,8-,9+/m1/s1. The first-order chi connectivity index (χ1) is 9.86. The van der Waals surface area contributed by atoms with E-state index in [0.717, 1.165) is 0 Å². The molecule has 0 unspecified atom stereocenters. The highest BCUT2D eigenvalue weighted by Crippen LogP contribution is 2.36. The molecule has 118 valence electrons. The number of hydrogen-bond donors (Lipinski definition) is 5. The first-order valence-corrected chi connectivity index (χ1v) is 6.33. The first-order valence-electron chi connectivity index (χ1n) is 6.33. The van der Waals surface area contributed by atoms with Crippen LogP contribution in [0, 0.1) is 0 Å². The highest BCUT2D eigenvalue weighted by Gasteiger charge is 2.44. The Morgan fingerprint density at radius 3 is 2.38 bits per heavy atom. The van der Waals surface area contributed by atoms with E-state index in [1.807, 2.05) is 0 Å². The van der Waals surface area contributed by atoms with Crippen LogP contribution in [-0.4, -0.2) is 64.3 Å². The van der Waals surface area contributed by atoms with Gasteiger partial charge in [-0.2, -0.15) is 4.98 Å². The molecule has 0 aromatic carbocycles. The van der Waals surface area contributed by atoms with Crippen LogP contribution in [0.2, 0.25) is 0 Å². The van der Waals surface area contributed by atoms with Gasteiger partial charge in [0.1, 0.15) is 24.4 Å². The van der Waals surface area contributed by atoms with Crippen LogP contribution in [0.3, 0.4) is 0 Å². The molecule has 0 spiro atoms. The predicted molar refractivity (Wildman–Crippen MR) is 73.9 cm³/mol. The summed E-state index contributed by atoms with van der Waals surface area (Å²) in [7, 11) is 3.13. The number of nitrogens with two attached hydrogens (primary N) is 2. The molecule has 21 heavy (non-hydrogen) atoms. The number of aliphatic hydroxyl groups excluding tert-OH is 3. The number of ether oxygens (including phenoxy) is 1. The van der Waals surface area contributed by atoms with Crippen LogP contribution in [-0.2, 0) is 4.74 Å². The van der Waals surface area contributed by atoms with Gasteiger partial charge in [0.25, 0.3) is 0 Å². The van der Waals surface area contributed by atoms with E-state index in [1.54, 1.807) is 14.1 Å². The third kappa shape index (κ3) is 2.90. The molecule has 1 saturated heterocycles. The summed E-state index contributed by atoms with van der Waals surface area (Å²) in [6, 6.07) is 0. The summed E-state index contributed by atoms with van der Waals surface area (Å²) in [5, 5.41) is 31.5. The lowest BCUT2D eigenvalue weighted by Crippen LogP contribution is -2.34. The maximum Gasteiger partial charge on any atom is 0.241 e. The number of hydrogen-bond acceptors (Lipinski definition) is 10. The second kappa shape index (κ2) is 6.05. The lowest BCUT2D eigenvalue weighted by Gasteiger charge is -2.22. The monoisotopic (exact) mass is 300 g/mol. The van der Waals surface area contributed by atoms with Gasteiger partial charge in [-0.3, -0.25) is 10.0 Å². The molecule has 10 heteroatoms. The van der Waals surface area contributed by atoms with E-state index in [2.05, 4.69) is 9.97 Å². The number of nitrogens with zero attached hydrogens (tertiary/aromatic N) is 4. The molecule has 1 aliphatic heterocycles. The molecule has 0 radical (unpaired) electrons. The lowest BCUT2D eigenvalue weighted by atomic mass is 10.0. The average molecular weight is 300 g/mol. The largest absolute Gasteiger partial charge is 0.394 e. The molecule has 2 rings (SSSR count). The van der Waals surface area contributed by atoms with Gasteiger partial charge in [0, 0.05) is 25.9 Å². The first kappa shape index (κ1) is 15.8. The molecule has 4 atom stereocenters. The summed E-state index contributed by atoms with van der Waals surface area (Å²) in [5.41, 5.74) is 0.396. The van der Waals surface area contributed by atoms with Crippen molar-refractivity contribution in [3.05, 3.63) is 11.8 Å². The Kier molecular flexibility index (Phi) is 4.56. The second-order valence-electron chi connectivity index (χ2n) is 4.93. The Bertz CT molecular complexity index is 500. The third-order valence-corrected chi connectivity index (χ3v) is 3.28. The highest BCUT2D eigenvalue weighted by molar-refractivity contribution is 5.50. The van der Waals surface area contributed by atoms with E-state index in [-0.39, 0.29) is 5.95 Å². The van der Waals surface area contributed by atoms with Crippen LogP contribution in [0.5, 0.6) is 0 Å². The van der Waals surface area contributed by atoms with Gasteiger partial charge in [-0.1, -0.05) is 0 Å². The molecule has 0 aliphatic carbocycles. The molecule has 1 aromatic rings. The molecule has 1 aliphatic rings. The predicted octanol–water partition coefficient (Wildman–Crippen LogP) is -2.75. The van der Waals surface area contributed by atoms with Crippen molar-refractivity contribution in [2.24, 2.45) is 11.7 Å². The molecular formula is C11H20N6O4. The molecule has 0 saturated carbocycles. The summed E-state index contributed by atoms with van der Waals surface area (Å²) in [6.45, 7) is -0.410. The smallest absolute Gasteiger partial charge is 0.241 e. The fourth-order valence-electron chi connectivity index (χ4n) is 2.18. The van der Waals surface area contributed by atoms with Crippen LogP contribution >= 0.6 is 0 Å². The zero-order valence-electron chi connectivity index (χ0n) is 11.8. The minimum absolute atomic E-state index is 0.234. The van der Waals surface area contributed by atoms with Crippen molar-refractivity contribution in [2.75, 3.05) is 30.7 Å². The van der Waals surface area contributed by atoms with Crippen molar-refractivity contribution in [1.29, 1.82) is 0 Å². The quantitative estimate of drug-likeness (QED) is 0.292. The summed E-state index contributed by atoms with van der Waals surface area (Å²) in [4.78, 5) is 8.23. The minimum atomic E-state index is -1.22. The molecule has 1 fully saturated rings. The van der Waals surface area contributed by atoms with E-state index in [1.165, 1.54) is 16.2 Å². The van der Waals surface area contributed by atoms with Gasteiger partial charge in [0.05, 0.1) is 6.61 Å². The van der Waals surface area contributed by atoms with Crippen molar-refractivity contribution in [3.8, 4) is 0 Å². The van der Waals surface area contributed by atoms with Crippen LogP contribution in [0.4, 0.5) is 11.8 Å². The van der Waals surface area contributed by atoms with Crippen molar-refractivity contribution in [2.45, 2.75) is 24.4 Å². The fourth-order valence-corrected chi connectivity index (χ4v) is 2.18. The summed E-state index contributed by atoms with van der Waals surface area (Å²) in [5.74, 6) is 11.8. The van der Waals surface area contributed by atoms with Gasteiger partial charge >= 0.3 is 0 Å². The number of aromatic nitrogens is 2. The van der Waals surface area contributed by atoms with Gasteiger partial charge in [0.15, 0.2) is 5.82 Å². The van der Waals surface area contributed by atoms with Crippen molar-refractivity contribution in [3.63, 3.8) is 0 Å². The maximum absolute atomic E-state index is 10.1. The topological polar surface area (TPSA) is 154 Å². The Labute approximate surface area is 121 Å². The Morgan fingerprint density at radius 1 is 1.24 bits per heavy atom. The van der Waals surface area contributed by atoms with Gasteiger partial charge in [-0.15, -0.1) is 0 Å². The van der Waals surface area contributed by atoms with Gasteiger partial charge in [-0.05, 0) is 0 Å². The molecule has 1 aromatic heterocycles. The SMILES string of the molecule is CN(N)c1ncc([C@@H]2O[C@H](CO)[C@@H](O)[C@H]2O)c(N(C)N)n1. The summed E-state index contributed by atoms with van der Waals surface area (Å²) < 4.78 is 5.46. The van der Waals surface area contributed by atoms with E-state index in [9.17, 15) is 10.2 Å². The van der Waals surface area contributed by atoms with E-state index >= 15 is 0 Å². The van der Waals surface area contributed by atoms with E-state index < -0.39 is 31.0 Å². The minimum Gasteiger partial charge on any atom is -0.394 e. The van der Waals surface area contributed by atoms with Crippen LogP contribution in [0.1, 0.15) is 11.7 Å². The lowest BCUT2D eigenvalue weighted by molar-refractivity contribution is -0.0227. The Hall–Kier alpha value is -1.56. The van der Waals surface area contributed by atoms with E-state index in [0.29, 0.717) is 11.4 Å². The zero-order valence-corrected chi connectivity index (χ0v) is 11.8. The van der Waals surface area contributed by atoms with Crippen LogP contribution in [0.15, 0.2) is 6.20 Å². The van der Waals surface area contributed by atoms with Crippen molar-refractivity contribution in [1.82, 2.24) is 9.97 Å². The average Bonchev–Trinajstić information content (AvgIpc) is 2.74. The number of hydrazine groups is 2. The molecule has 10 nitrogen and oxygen atoms in total. The maximum atomic E-state index is 10.1. The molecule has 7 N–H and O–H groups in total. The number of anilines is 2. The molecule has 0 bridgehead atoms. The Morgan fingerprint density at radius 2 is 1.90 bits per heavy atom. The number of aliphatic hydroxyl groups is 3. The third-order valence-electron chi connectivity index (χ3n) is 3.28. The summed E-state index contributed by atoms with van der Waals surface area (Å²) in [6.07, 6.45) is -2.77. The fraction of sp³-hybridized carbons (Fsp3) is 0.636. The van der Waals surface area contributed by atoms with Crippen molar-refractivity contribution >= 4 is 11.8 Å². The molecular weight excluding hydrogens is 280 g/mol. The Balaban J connectivity index is 2.39. The zero-order chi connectivity index (χ0) is 15.7. The normalized spacial score (nSPS) is 28.7. The van der Waals surface area contributed by atoms with Gasteiger partial charge < -0.3 is 20.1 Å². The van der Waals surface area contributed by atoms with Crippen LogP contribution in [0.25, 0.3) is 0 Å². The number of rotatable bonds is 4. The molecule has 0 amide bonds. The van der Waals surface area contributed by atoms with Gasteiger partial charge in [-0.25, -0.2) is 16.7 Å². The summed E-state index contributed by atoms with van der Waals surface area (Å²) >= 11 is 0. The van der Waals surface area contributed by atoms with Crippen molar-refractivity contribution < 1.29 is 20.1 Å². The second-order valence-corrected chi connectivity index (χ2v) is 4.93. The van der Waals surface area contributed by atoms with E-state index in [4.69, 9.17) is 21.5 Å². The van der Waals surface area contributed by atoms with Gasteiger partial charge in [0.2, 0.25) is 5.95 Å². The highest BCUT2D eigenvalue weighted by atomic mass is 16.6. The molecule has 2 heterocycles.